The molecule has 2 aliphatic rings. The first-order valence-electron chi connectivity index (χ1n) is 10.2. The summed E-state index contributed by atoms with van der Waals surface area (Å²) in [5.74, 6) is 0.168. The summed E-state index contributed by atoms with van der Waals surface area (Å²) >= 11 is 0. The number of hydrogen-bond acceptors (Lipinski definition) is 3. The van der Waals surface area contributed by atoms with E-state index in [2.05, 4.69) is 35.2 Å². The van der Waals surface area contributed by atoms with Gasteiger partial charge in [0, 0.05) is 48.4 Å². The van der Waals surface area contributed by atoms with Crippen molar-refractivity contribution in [2.24, 2.45) is 5.41 Å². The summed E-state index contributed by atoms with van der Waals surface area (Å²) in [7, 11) is 0. The molecule has 2 aliphatic heterocycles. The molecule has 5 heteroatoms. The number of carbonyl (C=O) groups is 1. The van der Waals surface area contributed by atoms with E-state index in [4.69, 9.17) is 0 Å². The Balaban J connectivity index is 1.61. The molecule has 27 heavy (non-hydrogen) atoms. The molecule has 2 aromatic rings. The Morgan fingerprint density at radius 2 is 2.15 bits per heavy atom. The van der Waals surface area contributed by atoms with Crippen molar-refractivity contribution in [2.45, 2.75) is 46.6 Å². The summed E-state index contributed by atoms with van der Waals surface area (Å²) in [6, 6.07) is 8.09. The highest BCUT2D eigenvalue weighted by Crippen LogP contribution is 2.36. The maximum atomic E-state index is 13.2. The average molecular weight is 367 g/mol. The normalized spacial score (nSPS) is 22.6. The third-order valence-corrected chi connectivity index (χ3v) is 6.36. The van der Waals surface area contributed by atoms with Crippen LogP contribution in [0.2, 0.25) is 0 Å². The number of benzene rings is 1. The van der Waals surface area contributed by atoms with E-state index in [9.17, 15) is 4.79 Å². The molecule has 1 unspecified atom stereocenters. The fourth-order valence-corrected chi connectivity index (χ4v) is 4.94. The third kappa shape index (κ3) is 3.29. The van der Waals surface area contributed by atoms with Gasteiger partial charge in [-0.2, -0.15) is 5.10 Å². The maximum Gasteiger partial charge on any atom is 0.253 e. The van der Waals surface area contributed by atoms with E-state index in [1.807, 2.05) is 29.8 Å². The summed E-state index contributed by atoms with van der Waals surface area (Å²) in [5.41, 5.74) is 5.51. The van der Waals surface area contributed by atoms with Crippen molar-refractivity contribution < 1.29 is 4.79 Å². The second-order valence-corrected chi connectivity index (χ2v) is 8.20. The molecule has 1 amide bonds. The van der Waals surface area contributed by atoms with Gasteiger partial charge in [0.25, 0.3) is 5.91 Å². The van der Waals surface area contributed by atoms with Crippen LogP contribution in [0.25, 0.3) is 11.1 Å². The minimum Gasteiger partial charge on any atom is -0.338 e. The van der Waals surface area contributed by atoms with E-state index in [0.717, 1.165) is 67.2 Å². The molecule has 2 fully saturated rings. The standard InChI is InChI=1S/C22H30N4O/c1-4-26-17(3)20(16(2)24-26)18-7-5-8-19(13-18)21(27)25-12-6-9-22(15-25)10-11-23-14-22/h5,7-8,13,23H,4,6,9-12,14-15H2,1-3H3. The van der Waals surface area contributed by atoms with Crippen molar-refractivity contribution >= 4 is 5.91 Å². The van der Waals surface area contributed by atoms with Crippen LogP contribution in [-0.2, 0) is 6.54 Å². The second-order valence-electron chi connectivity index (χ2n) is 8.20. The van der Waals surface area contributed by atoms with Crippen molar-refractivity contribution in [3.63, 3.8) is 0 Å². The number of aromatic nitrogens is 2. The van der Waals surface area contributed by atoms with Gasteiger partial charge < -0.3 is 10.2 Å². The van der Waals surface area contributed by atoms with E-state index in [1.165, 1.54) is 12.8 Å². The molecular formula is C22H30N4O. The van der Waals surface area contributed by atoms with Crippen molar-refractivity contribution in [1.82, 2.24) is 20.0 Å². The Labute approximate surface area is 161 Å². The number of hydrogen-bond donors (Lipinski definition) is 1. The molecule has 2 saturated heterocycles. The van der Waals surface area contributed by atoms with Crippen LogP contribution in [-0.4, -0.2) is 46.8 Å². The average Bonchev–Trinajstić information content (AvgIpc) is 3.24. The molecule has 1 spiro atoms. The molecule has 1 aromatic carbocycles. The highest BCUT2D eigenvalue weighted by atomic mass is 16.2. The number of piperidine rings is 1. The number of amides is 1. The number of nitrogens with zero attached hydrogens (tertiary/aromatic N) is 3. The first-order chi connectivity index (χ1) is 13.0. The monoisotopic (exact) mass is 366 g/mol. The zero-order chi connectivity index (χ0) is 19.0. The van der Waals surface area contributed by atoms with Crippen molar-refractivity contribution in [2.75, 3.05) is 26.2 Å². The molecule has 3 heterocycles. The first kappa shape index (κ1) is 18.2. The minimum atomic E-state index is 0.168. The molecule has 4 rings (SSSR count). The maximum absolute atomic E-state index is 13.2. The zero-order valence-electron chi connectivity index (χ0n) is 16.7. The van der Waals surface area contributed by atoms with Crippen molar-refractivity contribution in [3.05, 3.63) is 41.2 Å². The lowest BCUT2D eigenvalue weighted by Gasteiger charge is -2.40. The molecule has 0 saturated carbocycles. The van der Waals surface area contributed by atoms with Gasteiger partial charge in [0.2, 0.25) is 0 Å². The Hall–Kier alpha value is -2.14. The van der Waals surface area contributed by atoms with Gasteiger partial charge >= 0.3 is 0 Å². The predicted octanol–water partition coefficient (Wildman–Crippen LogP) is 3.40. The van der Waals surface area contributed by atoms with E-state index in [-0.39, 0.29) is 5.91 Å². The van der Waals surface area contributed by atoms with Gasteiger partial charge in [0.05, 0.1) is 5.69 Å². The number of likely N-dealkylation sites (tertiary alicyclic amines) is 1. The van der Waals surface area contributed by atoms with Crippen molar-refractivity contribution in [1.29, 1.82) is 0 Å². The Morgan fingerprint density at radius 3 is 2.85 bits per heavy atom. The summed E-state index contributed by atoms with van der Waals surface area (Å²) in [4.78, 5) is 15.3. The van der Waals surface area contributed by atoms with Gasteiger partial charge in [-0.3, -0.25) is 9.48 Å². The number of nitrogens with one attached hydrogen (secondary N) is 1. The van der Waals surface area contributed by atoms with Crippen LogP contribution in [0, 0.1) is 19.3 Å². The Kier molecular flexibility index (Phi) is 4.81. The van der Waals surface area contributed by atoms with Crippen LogP contribution in [0.3, 0.4) is 0 Å². The number of aryl methyl sites for hydroxylation is 2. The summed E-state index contributed by atoms with van der Waals surface area (Å²) in [6.07, 6.45) is 3.53. The summed E-state index contributed by atoms with van der Waals surface area (Å²) in [6.45, 7) is 11.0. The SMILES string of the molecule is CCn1nc(C)c(-c2cccc(C(=O)N3CCCC4(CCNC4)C3)c2)c1C. The molecule has 1 aromatic heterocycles. The third-order valence-electron chi connectivity index (χ3n) is 6.36. The molecule has 0 aliphatic carbocycles. The topological polar surface area (TPSA) is 50.2 Å². The minimum absolute atomic E-state index is 0.168. The van der Waals surface area contributed by atoms with E-state index < -0.39 is 0 Å². The van der Waals surface area contributed by atoms with Crippen LogP contribution in [0.4, 0.5) is 0 Å². The fourth-order valence-electron chi connectivity index (χ4n) is 4.94. The largest absolute Gasteiger partial charge is 0.338 e. The van der Waals surface area contributed by atoms with Gasteiger partial charge in [-0.25, -0.2) is 0 Å². The highest BCUT2D eigenvalue weighted by Gasteiger charge is 2.39. The molecular weight excluding hydrogens is 336 g/mol. The molecule has 0 bridgehead atoms. The molecule has 5 nitrogen and oxygen atoms in total. The van der Waals surface area contributed by atoms with Crippen LogP contribution < -0.4 is 5.32 Å². The summed E-state index contributed by atoms with van der Waals surface area (Å²) in [5, 5.41) is 8.12. The zero-order valence-corrected chi connectivity index (χ0v) is 16.7. The predicted molar refractivity (Wildman–Crippen MR) is 108 cm³/mol. The van der Waals surface area contributed by atoms with Gasteiger partial charge in [0.15, 0.2) is 0 Å². The van der Waals surface area contributed by atoms with Crippen LogP contribution in [0.1, 0.15) is 47.9 Å². The number of rotatable bonds is 3. The lowest BCUT2D eigenvalue weighted by molar-refractivity contribution is 0.0553. The smallest absolute Gasteiger partial charge is 0.253 e. The lowest BCUT2D eigenvalue weighted by Crippen LogP contribution is -2.47. The van der Waals surface area contributed by atoms with Crippen LogP contribution in [0.15, 0.2) is 24.3 Å². The number of carbonyl (C=O) groups excluding carboxylic acids is 1. The van der Waals surface area contributed by atoms with E-state index in [0.29, 0.717) is 5.41 Å². The molecule has 0 radical (unpaired) electrons. The van der Waals surface area contributed by atoms with Crippen LogP contribution in [0.5, 0.6) is 0 Å². The van der Waals surface area contributed by atoms with E-state index in [1.54, 1.807) is 0 Å². The van der Waals surface area contributed by atoms with E-state index >= 15 is 0 Å². The quantitative estimate of drug-likeness (QED) is 0.906. The van der Waals surface area contributed by atoms with Crippen LogP contribution >= 0.6 is 0 Å². The van der Waals surface area contributed by atoms with Gasteiger partial charge in [-0.15, -0.1) is 0 Å². The second kappa shape index (κ2) is 7.12. The summed E-state index contributed by atoms with van der Waals surface area (Å²) < 4.78 is 2.03. The van der Waals surface area contributed by atoms with Gasteiger partial charge in [0.1, 0.15) is 0 Å². The molecule has 1 N–H and O–H groups in total. The lowest BCUT2D eigenvalue weighted by atomic mass is 9.79. The fraction of sp³-hybridized carbons (Fsp3) is 0.545. The highest BCUT2D eigenvalue weighted by molar-refractivity contribution is 5.95. The first-order valence-corrected chi connectivity index (χ1v) is 10.2. The molecule has 144 valence electrons. The molecule has 1 atom stereocenters. The Morgan fingerprint density at radius 1 is 1.30 bits per heavy atom. The van der Waals surface area contributed by atoms with Gasteiger partial charge in [-0.05, 0) is 64.3 Å². The van der Waals surface area contributed by atoms with Gasteiger partial charge in [-0.1, -0.05) is 12.1 Å². The van der Waals surface area contributed by atoms with Crippen molar-refractivity contribution in [3.8, 4) is 11.1 Å². The Bertz CT molecular complexity index is 848.